The first kappa shape index (κ1) is 21.6. The first-order chi connectivity index (χ1) is 13.1. The Bertz CT molecular complexity index is 641. The van der Waals surface area contributed by atoms with E-state index < -0.39 is 0 Å². The zero-order valence-corrected chi connectivity index (χ0v) is 17.8. The second-order valence-electron chi connectivity index (χ2n) is 9.13. The molecule has 0 spiro atoms. The number of amides is 1. The summed E-state index contributed by atoms with van der Waals surface area (Å²) in [5.74, 6) is 1.46. The van der Waals surface area contributed by atoms with Gasteiger partial charge in [0.1, 0.15) is 0 Å². The number of nitrogens with one attached hydrogen (secondary N) is 2. The van der Waals surface area contributed by atoms with Crippen molar-refractivity contribution in [1.82, 2.24) is 5.32 Å². The summed E-state index contributed by atoms with van der Waals surface area (Å²) >= 11 is 0. The second kappa shape index (κ2) is 10.1. The maximum atomic E-state index is 12.5. The summed E-state index contributed by atoms with van der Waals surface area (Å²) in [6.07, 6.45) is 10.9. The van der Waals surface area contributed by atoms with Gasteiger partial charge in [0, 0.05) is 24.2 Å². The Kier molecular flexibility index (Phi) is 7.78. The van der Waals surface area contributed by atoms with Crippen LogP contribution in [-0.2, 0) is 16.1 Å². The topological polar surface area (TPSA) is 50.4 Å². The van der Waals surface area contributed by atoms with Gasteiger partial charge in [-0.3, -0.25) is 4.79 Å². The monoisotopic (exact) mass is 406 g/mol. The molecule has 4 rings (SSSR count). The van der Waals surface area contributed by atoms with Crippen LogP contribution in [0.15, 0.2) is 24.3 Å². The van der Waals surface area contributed by atoms with E-state index in [-0.39, 0.29) is 18.3 Å². The van der Waals surface area contributed by atoms with Crippen molar-refractivity contribution >= 4 is 24.0 Å². The molecular formula is C23H35ClN2O2. The molecule has 2 saturated heterocycles. The molecule has 4 unspecified atom stereocenters. The van der Waals surface area contributed by atoms with Gasteiger partial charge < -0.3 is 15.4 Å². The van der Waals surface area contributed by atoms with E-state index in [1.807, 2.05) is 12.1 Å². The number of piperidine rings is 1. The highest BCUT2D eigenvalue weighted by atomic mass is 35.5. The number of carbonyl (C=O) groups is 1. The van der Waals surface area contributed by atoms with Crippen LogP contribution in [0.1, 0.15) is 70.3 Å². The summed E-state index contributed by atoms with van der Waals surface area (Å²) in [4.78, 5) is 12.5. The smallest absolute Gasteiger partial charge is 0.224 e. The number of benzene rings is 1. The van der Waals surface area contributed by atoms with Crippen molar-refractivity contribution in [3.8, 4) is 0 Å². The lowest BCUT2D eigenvalue weighted by Crippen LogP contribution is -2.39. The molecule has 2 bridgehead atoms. The van der Waals surface area contributed by atoms with Gasteiger partial charge >= 0.3 is 0 Å². The van der Waals surface area contributed by atoms with Crippen molar-refractivity contribution in [3.63, 3.8) is 0 Å². The molecule has 28 heavy (non-hydrogen) atoms. The molecule has 5 heteroatoms. The molecule has 0 radical (unpaired) electrons. The third kappa shape index (κ3) is 5.95. The number of hydrogen-bond donors (Lipinski definition) is 2. The summed E-state index contributed by atoms with van der Waals surface area (Å²) in [5, 5.41) is 6.76. The normalized spacial score (nSPS) is 31.8. The third-order valence-corrected chi connectivity index (χ3v) is 6.63. The summed E-state index contributed by atoms with van der Waals surface area (Å²) < 4.78 is 6.13. The molecule has 2 aliphatic heterocycles. The molecule has 2 N–H and O–H groups in total. The van der Waals surface area contributed by atoms with E-state index in [2.05, 4.69) is 29.7 Å². The molecule has 1 saturated carbocycles. The lowest BCUT2D eigenvalue weighted by atomic mass is 9.89. The second-order valence-corrected chi connectivity index (χ2v) is 9.13. The Labute approximate surface area is 175 Å². The maximum absolute atomic E-state index is 12.5. The Morgan fingerprint density at radius 3 is 2.68 bits per heavy atom. The average molecular weight is 407 g/mol. The van der Waals surface area contributed by atoms with Crippen LogP contribution < -0.4 is 10.6 Å². The first-order valence-corrected chi connectivity index (χ1v) is 10.9. The molecule has 1 amide bonds. The molecule has 0 aromatic heterocycles. The standard InChI is InChI=1S/C23H34N2O2.ClH/c1-16-4-2-7-22(10-16)27-15-17-5-3-6-19(11-17)25-23(26)14-18-12-20-8-9-21(13-18)24-20;/h3,5-6,11,16,18,20-22,24H,2,4,7-10,12-15H2,1H3,(H,25,26);1H. The van der Waals surface area contributed by atoms with Gasteiger partial charge in [-0.2, -0.15) is 0 Å². The van der Waals surface area contributed by atoms with Gasteiger partial charge in [-0.1, -0.05) is 31.9 Å². The Morgan fingerprint density at radius 1 is 1.14 bits per heavy atom. The lowest BCUT2D eigenvalue weighted by molar-refractivity contribution is -0.117. The van der Waals surface area contributed by atoms with Gasteiger partial charge in [-0.15, -0.1) is 12.4 Å². The fraction of sp³-hybridized carbons (Fsp3) is 0.696. The highest BCUT2D eigenvalue weighted by molar-refractivity contribution is 5.90. The molecule has 4 nitrogen and oxygen atoms in total. The molecule has 1 aromatic carbocycles. The minimum atomic E-state index is 0. The molecule has 156 valence electrons. The molecule has 4 atom stereocenters. The quantitative estimate of drug-likeness (QED) is 0.693. The van der Waals surface area contributed by atoms with Crippen molar-refractivity contribution in [3.05, 3.63) is 29.8 Å². The lowest BCUT2D eigenvalue weighted by Gasteiger charge is -2.28. The Balaban J connectivity index is 0.00000225. The first-order valence-electron chi connectivity index (χ1n) is 10.9. The zero-order chi connectivity index (χ0) is 18.6. The Hall–Kier alpha value is -1.10. The van der Waals surface area contributed by atoms with E-state index in [4.69, 9.17) is 4.74 Å². The van der Waals surface area contributed by atoms with Crippen molar-refractivity contribution in [2.45, 2.75) is 89.5 Å². The van der Waals surface area contributed by atoms with Crippen molar-refractivity contribution in [2.75, 3.05) is 5.32 Å². The van der Waals surface area contributed by atoms with E-state index in [0.717, 1.165) is 30.0 Å². The van der Waals surface area contributed by atoms with Gasteiger partial charge in [0.2, 0.25) is 5.91 Å². The average Bonchev–Trinajstić information content (AvgIpc) is 2.99. The summed E-state index contributed by atoms with van der Waals surface area (Å²) in [5.41, 5.74) is 2.04. The number of fused-ring (bicyclic) bond motifs is 2. The van der Waals surface area contributed by atoms with Gasteiger partial charge in [-0.05, 0) is 68.1 Å². The van der Waals surface area contributed by atoms with Crippen LogP contribution in [0.4, 0.5) is 5.69 Å². The van der Waals surface area contributed by atoms with Crippen LogP contribution in [-0.4, -0.2) is 24.1 Å². The molecule has 3 aliphatic rings. The number of ether oxygens (including phenoxy) is 1. The van der Waals surface area contributed by atoms with E-state index >= 15 is 0 Å². The molecule has 1 aromatic rings. The predicted octanol–water partition coefficient (Wildman–Crippen LogP) is 5.06. The highest BCUT2D eigenvalue weighted by Crippen LogP contribution is 2.33. The van der Waals surface area contributed by atoms with Crippen molar-refractivity contribution < 1.29 is 9.53 Å². The zero-order valence-electron chi connectivity index (χ0n) is 17.0. The van der Waals surface area contributed by atoms with E-state index in [1.54, 1.807) is 0 Å². The summed E-state index contributed by atoms with van der Waals surface area (Å²) in [6.45, 7) is 2.96. The number of rotatable bonds is 6. The minimum absolute atomic E-state index is 0. The predicted molar refractivity (Wildman–Crippen MR) is 116 cm³/mol. The number of halogens is 1. The van der Waals surface area contributed by atoms with Gasteiger partial charge in [0.05, 0.1) is 12.7 Å². The Morgan fingerprint density at radius 2 is 1.93 bits per heavy atom. The number of anilines is 1. The van der Waals surface area contributed by atoms with Crippen molar-refractivity contribution in [1.29, 1.82) is 0 Å². The largest absolute Gasteiger partial charge is 0.374 e. The van der Waals surface area contributed by atoms with Gasteiger partial charge in [-0.25, -0.2) is 0 Å². The molecular weight excluding hydrogens is 372 g/mol. The highest BCUT2D eigenvalue weighted by Gasteiger charge is 2.34. The van der Waals surface area contributed by atoms with E-state index in [1.165, 1.54) is 38.5 Å². The fourth-order valence-electron chi connectivity index (χ4n) is 5.30. The molecule has 2 heterocycles. The molecule has 3 fully saturated rings. The third-order valence-electron chi connectivity index (χ3n) is 6.63. The van der Waals surface area contributed by atoms with Crippen molar-refractivity contribution in [2.24, 2.45) is 11.8 Å². The fourth-order valence-corrected chi connectivity index (χ4v) is 5.30. The summed E-state index contributed by atoms with van der Waals surface area (Å²) in [6, 6.07) is 9.44. The van der Waals surface area contributed by atoms with E-state index in [9.17, 15) is 4.79 Å². The SMILES string of the molecule is CC1CCCC(OCc2cccc(NC(=O)CC3CC4CCC(C3)N4)c2)C1.Cl. The molecule has 1 aliphatic carbocycles. The van der Waals surface area contributed by atoms with E-state index in [0.29, 0.717) is 37.1 Å². The van der Waals surface area contributed by atoms with Crippen LogP contribution in [0.2, 0.25) is 0 Å². The minimum Gasteiger partial charge on any atom is -0.374 e. The van der Waals surface area contributed by atoms with Crippen LogP contribution >= 0.6 is 12.4 Å². The van der Waals surface area contributed by atoms with Gasteiger partial charge in [0.15, 0.2) is 0 Å². The number of hydrogen-bond acceptors (Lipinski definition) is 3. The van der Waals surface area contributed by atoms with Crippen LogP contribution in [0.3, 0.4) is 0 Å². The van der Waals surface area contributed by atoms with Crippen LogP contribution in [0, 0.1) is 11.8 Å². The van der Waals surface area contributed by atoms with Crippen LogP contribution in [0.25, 0.3) is 0 Å². The maximum Gasteiger partial charge on any atom is 0.224 e. The van der Waals surface area contributed by atoms with Gasteiger partial charge in [0.25, 0.3) is 0 Å². The summed E-state index contributed by atoms with van der Waals surface area (Å²) in [7, 11) is 0. The number of carbonyl (C=O) groups excluding carboxylic acids is 1. The van der Waals surface area contributed by atoms with Crippen LogP contribution in [0.5, 0.6) is 0 Å².